The molecule has 0 aliphatic rings. The van der Waals surface area contributed by atoms with Gasteiger partial charge >= 0.3 is 0 Å². The van der Waals surface area contributed by atoms with E-state index in [1.807, 2.05) is 37.3 Å². The fourth-order valence-corrected chi connectivity index (χ4v) is 3.33. The molecule has 0 atom stereocenters. The first kappa shape index (κ1) is 14.6. The van der Waals surface area contributed by atoms with Crippen LogP contribution in [0.5, 0.6) is 0 Å². The van der Waals surface area contributed by atoms with Gasteiger partial charge in [-0.05, 0) is 35.9 Å². The molecule has 0 saturated heterocycles. The molecule has 0 heterocycles. The maximum atomic E-state index is 11.7. The molecule has 0 aromatic heterocycles. The van der Waals surface area contributed by atoms with Crippen molar-refractivity contribution in [2.24, 2.45) is 0 Å². The molecule has 3 aromatic rings. The zero-order valence-electron chi connectivity index (χ0n) is 11.9. The van der Waals surface area contributed by atoms with Gasteiger partial charge in [-0.3, -0.25) is 4.55 Å². The molecule has 3 N–H and O–H groups in total. The summed E-state index contributed by atoms with van der Waals surface area (Å²) in [5.74, 6) is 0. The third-order valence-corrected chi connectivity index (χ3v) is 4.56. The second-order valence-electron chi connectivity index (χ2n) is 5.23. The van der Waals surface area contributed by atoms with Gasteiger partial charge < -0.3 is 5.73 Å². The van der Waals surface area contributed by atoms with Crippen LogP contribution in [0.15, 0.2) is 59.5 Å². The van der Waals surface area contributed by atoms with Gasteiger partial charge in [0.1, 0.15) is 4.90 Å². The lowest BCUT2D eigenvalue weighted by Crippen LogP contribution is -2.03. The lowest BCUT2D eigenvalue weighted by atomic mass is 9.95. The molecular formula is C17H15NO3S. The highest BCUT2D eigenvalue weighted by atomic mass is 32.2. The number of nitrogens with two attached hydrogens (primary N) is 1. The Bertz CT molecular complexity index is 978. The fourth-order valence-electron chi connectivity index (χ4n) is 2.65. The van der Waals surface area contributed by atoms with Crippen LogP contribution < -0.4 is 5.73 Å². The van der Waals surface area contributed by atoms with Crippen molar-refractivity contribution < 1.29 is 13.0 Å². The van der Waals surface area contributed by atoms with Crippen molar-refractivity contribution in [2.75, 3.05) is 5.73 Å². The van der Waals surface area contributed by atoms with Crippen molar-refractivity contribution in [1.29, 1.82) is 0 Å². The van der Waals surface area contributed by atoms with Crippen LogP contribution >= 0.6 is 0 Å². The molecule has 0 unspecified atom stereocenters. The standard InChI is InChI=1S/C17H15NO3S/c1-11-6-9-16(22(19,20)21)14(10-11)17-13-5-3-2-4-12(13)7-8-15(17)18/h2-10H,18H2,1H3,(H,19,20,21). The Kier molecular flexibility index (Phi) is 3.39. The third kappa shape index (κ3) is 2.45. The summed E-state index contributed by atoms with van der Waals surface area (Å²) < 4.78 is 32.9. The first-order chi connectivity index (χ1) is 10.4. The number of benzene rings is 3. The average Bonchev–Trinajstić information content (AvgIpc) is 2.45. The van der Waals surface area contributed by atoms with Gasteiger partial charge in [0.15, 0.2) is 0 Å². The van der Waals surface area contributed by atoms with Crippen molar-refractivity contribution >= 4 is 26.6 Å². The zero-order chi connectivity index (χ0) is 15.9. The van der Waals surface area contributed by atoms with Crippen LogP contribution in [0.25, 0.3) is 21.9 Å². The summed E-state index contributed by atoms with van der Waals surface area (Å²) in [4.78, 5) is -0.138. The van der Waals surface area contributed by atoms with Gasteiger partial charge in [0.05, 0.1) is 0 Å². The van der Waals surface area contributed by atoms with E-state index in [0.29, 0.717) is 16.8 Å². The number of hydrogen-bond acceptors (Lipinski definition) is 3. The average molecular weight is 313 g/mol. The maximum absolute atomic E-state index is 11.7. The first-order valence-corrected chi connectivity index (χ1v) is 8.17. The van der Waals surface area contributed by atoms with E-state index in [9.17, 15) is 13.0 Å². The summed E-state index contributed by atoms with van der Waals surface area (Å²) in [5.41, 5.74) is 8.49. The highest BCUT2D eigenvalue weighted by Crippen LogP contribution is 2.37. The normalized spacial score (nSPS) is 11.7. The quantitative estimate of drug-likeness (QED) is 0.559. The van der Waals surface area contributed by atoms with Crippen LogP contribution in [0.3, 0.4) is 0 Å². The molecule has 112 valence electrons. The summed E-state index contributed by atoms with van der Waals surface area (Å²) in [6.07, 6.45) is 0. The highest BCUT2D eigenvalue weighted by molar-refractivity contribution is 7.86. The second kappa shape index (κ2) is 5.12. The predicted molar refractivity (Wildman–Crippen MR) is 88.3 cm³/mol. The fraction of sp³-hybridized carbons (Fsp3) is 0.0588. The predicted octanol–water partition coefficient (Wildman–Crippen LogP) is 3.64. The molecule has 22 heavy (non-hydrogen) atoms. The van der Waals surface area contributed by atoms with Crippen molar-refractivity contribution in [3.8, 4) is 11.1 Å². The summed E-state index contributed by atoms with van der Waals surface area (Å²) in [5, 5.41) is 1.80. The van der Waals surface area contributed by atoms with E-state index in [2.05, 4.69) is 0 Å². The van der Waals surface area contributed by atoms with E-state index in [4.69, 9.17) is 5.73 Å². The lowest BCUT2D eigenvalue weighted by molar-refractivity contribution is 0.483. The number of fused-ring (bicyclic) bond motifs is 1. The summed E-state index contributed by atoms with van der Waals surface area (Å²) >= 11 is 0. The molecular weight excluding hydrogens is 298 g/mol. The van der Waals surface area contributed by atoms with Crippen molar-refractivity contribution in [1.82, 2.24) is 0 Å². The Labute approximate surface area is 129 Å². The van der Waals surface area contributed by atoms with Gasteiger partial charge in [-0.15, -0.1) is 0 Å². The van der Waals surface area contributed by atoms with Gasteiger partial charge in [-0.2, -0.15) is 8.42 Å². The molecule has 0 bridgehead atoms. The van der Waals surface area contributed by atoms with Crippen LogP contribution in [0.2, 0.25) is 0 Å². The summed E-state index contributed by atoms with van der Waals surface area (Å²) in [6, 6.07) is 16.0. The topological polar surface area (TPSA) is 80.4 Å². The third-order valence-electron chi connectivity index (χ3n) is 3.64. The summed E-state index contributed by atoms with van der Waals surface area (Å²) in [6.45, 7) is 1.86. The smallest absolute Gasteiger partial charge is 0.295 e. The van der Waals surface area contributed by atoms with Crippen LogP contribution in [-0.2, 0) is 10.1 Å². The maximum Gasteiger partial charge on any atom is 0.295 e. The van der Waals surface area contributed by atoms with Crippen molar-refractivity contribution in [3.63, 3.8) is 0 Å². The lowest BCUT2D eigenvalue weighted by Gasteiger charge is -2.14. The molecule has 0 fully saturated rings. The number of nitrogen functional groups attached to an aromatic ring is 1. The molecule has 5 heteroatoms. The van der Waals surface area contributed by atoms with E-state index in [1.54, 1.807) is 18.2 Å². The molecule has 0 saturated carbocycles. The van der Waals surface area contributed by atoms with Crippen LogP contribution in [0.4, 0.5) is 5.69 Å². The molecule has 3 aromatic carbocycles. The Hall–Kier alpha value is -2.37. The minimum atomic E-state index is -4.34. The van der Waals surface area contributed by atoms with E-state index < -0.39 is 10.1 Å². The minimum Gasteiger partial charge on any atom is -0.398 e. The van der Waals surface area contributed by atoms with Gasteiger partial charge in [-0.1, -0.05) is 42.0 Å². The molecule has 4 nitrogen and oxygen atoms in total. The molecule has 0 amide bonds. The van der Waals surface area contributed by atoms with Crippen molar-refractivity contribution in [3.05, 3.63) is 60.2 Å². The van der Waals surface area contributed by atoms with Crippen LogP contribution in [-0.4, -0.2) is 13.0 Å². The Morgan fingerprint density at radius 3 is 2.45 bits per heavy atom. The van der Waals surface area contributed by atoms with Gasteiger partial charge in [0, 0.05) is 16.8 Å². The molecule has 0 radical (unpaired) electrons. The Balaban J connectivity index is 2.47. The SMILES string of the molecule is Cc1ccc(S(=O)(=O)O)c(-c2c(N)ccc3ccccc23)c1. The first-order valence-electron chi connectivity index (χ1n) is 6.73. The Morgan fingerprint density at radius 2 is 1.73 bits per heavy atom. The monoisotopic (exact) mass is 313 g/mol. The van der Waals surface area contributed by atoms with Gasteiger partial charge in [-0.25, -0.2) is 0 Å². The van der Waals surface area contributed by atoms with E-state index in [1.165, 1.54) is 6.07 Å². The highest BCUT2D eigenvalue weighted by Gasteiger charge is 2.19. The molecule has 3 rings (SSSR count). The second-order valence-corrected chi connectivity index (χ2v) is 6.62. The largest absolute Gasteiger partial charge is 0.398 e. The molecule has 0 aliphatic heterocycles. The van der Waals surface area contributed by atoms with E-state index >= 15 is 0 Å². The van der Waals surface area contributed by atoms with E-state index in [-0.39, 0.29) is 4.90 Å². The van der Waals surface area contributed by atoms with Gasteiger partial charge in [0.2, 0.25) is 0 Å². The molecule has 0 aliphatic carbocycles. The van der Waals surface area contributed by atoms with Crippen LogP contribution in [0.1, 0.15) is 5.56 Å². The Morgan fingerprint density at radius 1 is 1.00 bits per heavy atom. The van der Waals surface area contributed by atoms with Crippen molar-refractivity contribution in [2.45, 2.75) is 11.8 Å². The van der Waals surface area contributed by atoms with Gasteiger partial charge in [0.25, 0.3) is 10.1 Å². The minimum absolute atomic E-state index is 0.138. The zero-order valence-corrected chi connectivity index (χ0v) is 12.8. The summed E-state index contributed by atoms with van der Waals surface area (Å²) in [7, 11) is -4.34. The number of hydrogen-bond donors (Lipinski definition) is 2. The van der Waals surface area contributed by atoms with E-state index in [0.717, 1.165) is 16.3 Å². The molecule has 0 spiro atoms. The number of aryl methyl sites for hydroxylation is 1. The number of rotatable bonds is 2. The van der Waals surface area contributed by atoms with Crippen LogP contribution in [0, 0.1) is 6.92 Å². The number of anilines is 1.